The van der Waals surface area contributed by atoms with Gasteiger partial charge in [0, 0.05) is 19.0 Å². The van der Waals surface area contributed by atoms with Gasteiger partial charge in [0.05, 0.1) is 0 Å². The van der Waals surface area contributed by atoms with Gasteiger partial charge in [-0.1, -0.05) is 72.3 Å². The Balaban J connectivity index is 1.91. The van der Waals surface area contributed by atoms with Crippen LogP contribution < -0.4 is 10.1 Å². The number of carbonyl (C=O) groups excluding carboxylic acids is 2. The molecule has 0 saturated heterocycles. The van der Waals surface area contributed by atoms with Crippen molar-refractivity contribution in [1.82, 2.24) is 10.2 Å². The lowest BCUT2D eigenvalue weighted by atomic mass is 10.0. The molecule has 0 radical (unpaired) electrons. The smallest absolute Gasteiger partial charge is 0.261 e. The first-order valence-electron chi connectivity index (χ1n) is 11.7. The predicted molar refractivity (Wildman–Crippen MR) is 136 cm³/mol. The summed E-state index contributed by atoms with van der Waals surface area (Å²) in [5.74, 6) is 0.230. The molecular formula is C29H34N2O3. The fraction of sp³-hybridized carbons (Fsp3) is 0.310. The molecule has 178 valence electrons. The van der Waals surface area contributed by atoms with Crippen molar-refractivity contribution in [3.8, 4) is 5.75 Å². The number of ether oxygens (including phenoxy) is 1. The topological polar surface area (TPSA) is 58.6 Å². The first-order chi connectivity index (χ1) is 16.3. The van der Waals surface area contributed by atoms with E-state index in [4.69, 9.17) is 4.74 Å². The lowest BCUT2D eigenvalue weighted by Gasteiger charge is -2.32. The third kappa shape index (κ3) is 7.48. The monoisotopic (exact) mass is 458 g/mol. The third-order valence-electron chi connectivity index (χ3n) is 5.49. The number of amides is 2. The van der Waals surface area contributed by atoms with Crippen LogP contribution in [0.1, 0.15) is 36.1 Å². The van der Waals surface area contributed by atoms with Gasteiger partial charge in [-0.3, -0.25) is 9.59 Å². The van der Waals surface area contributed by atoms with Crippen LogP contribution in [0.25, 0.3) is 0 Å². The maximum Gasteiger partial charge on any atom is 0.261 e. The van der Waals surface area contributed by atoms with E-state index >= 15 is 0 Å². The minimum Gasteiger partial charge on any atom is -0.484 e. The molecule has 0 aromatic heterocycles. The summed E-state index contributed by atoms with van der Waals surface area (Å²) in [7, 11) is 0. The largest absolute Gasteiger partial charge is 0.484 e. The quantitative estimate of drug-likeness (QED) is 0.473. The van der Waals surface area contributed by atoms with Gasteiger partial charge in [-0.2, -0.15) is 0 Å². The van der Waals surface area contributed by atoms with Crippen molar-refractivity contribution in [3.63, 3.8) is 0 Å². The van der Waals surface area contributed by atoms with Gasteiger partial charge in [0.2, 0.25) is 5.91 Å². The van der Waals surface area contributed by atoms with Crippen molar-refractivity contribution >= 4 is 11.8 Å². The number of hydrogen-bond donors (Lipinski definition) is 1. The highest BCUT2D eigenvalue weighted by Gasteiger charge is 2.31. The molecule has 0 aliphatic heterocycles. The van der Waals surface area contributed by atoms with Crippen LogP contribution in [0.3, 0.4) is 0 Å². The van der Waals surface area contributed by atoms with Crippen LogP contribution in [-0.4, -0.2) is 35.4 Å². The number of rotatable bonds is 10. The Morgan fingerprint density at radius 1 is 0.853 bits per heavy atom. The van der Waals surface area contributed by atoms with Gasteiger partial charge in [0.15, 0.2) is 6.61 Å². The molecule has 0 spiro atoms. The molecule has 3 aromatic rings. The Hall–Kier alpha value is -3.60. The summed E-state index contributed by atoms with van der Waals surface area (Å²) in [6, 6.07) is 24.7. The van der Waals surface area contributed by atoms with Crippen LogP contribution in [0.4, 0.5) is 0 Å². The zero-order valence-corrected chi connectivity index (χ0v) is 20.5. The molecule has 0 aliphatic carbocycles. The van der Waals surface area contributed by atoms with Gasteiger partial charge in [0.1, 0.15) is 11.8 Å². The Morgan fingerprint density at radius 3 is 2.15 bits per heavy atom. The minimum atomic E-state index is -0.668. The molecular weight excluding hydrogens is 424 g/mol. The fourth-order valence-electron chi connectivity index (χ4n) is 3.87. The Kier molecular flexibility index (Phi) is 8.86. The molecule has 0 aliphatic rings. The maximum absolute atomic E-state index is 13.5. The molecule has 1 N–H and O–H groups in total. The van der Waals surface area contributed by atoms with E-state index in [1.807, 2.05) is 107 Å². The SMILES string of the molecule is Cc1cccc(CN(C(=O)COc2cccc(C)c2)C(Cc2ccccc2)C(=O)NC(C)C)c1. The summed E-state index contributed by atoms with van der Waals surface area (Å²) in [6.45, 7) is 8.01. The summed E-state index contributed by atoms with van der Waals surface area (Å²) < 4.78 is 5.83. The van der Waals surface area contributed by atoms with E-state index in [0.717, 1.165) is 22.3 Å². The molecule has 5 heteroatoms. The highest BCUT2D eigenvalue weighted by molar-refractivity contribution is 5.88. The van der Waals surface area contributed by atoms with Gasteiger partial charge < -0.3 is 15.0 Å². The molecule has 34 heavy (non-hydrogen) atoms. The van der Waals surface area contributed by atoms with Gasteiger partial charge in [-0.05, 0) is 56.5 Å². The number of aryl methyl sites for hydroxylation is 2. The molecule has 0 bridgehead atoms. The van der Waals surface area contributed by atoms with E-state index in [-0.39, 0.29) is 24.5 Å². The lowest BCUT2D eigenvalue weighted by Crippen LogP contribution is -2.52. The Labute approximate surface area is 202 Å². The van der Waals surface area contributed by atoms with E-state index in [1.165, 1.54) is 0 Å². The van der Waals surface area contributed by atoms with Gasteiger partial charge >= 0.3 is 0 Å². The summed E-state index contributed by atoms with van der Waals surface area (Å²) in [6.07, 6.45) is 0.418. The zero-order valence-electron chi connectivity index (χ0n) is 20.5. The predicted octanol–water partition coefficient (Wildman–Crippen LogP) is 4.85. The van der Waals surface area contributed by atoms with E-state index in [9.17, 15) is 9.59 Å². The second-order valence-electron chi connectivity index (χ2n) is 8.98. The fourth-order valence-corrected chi connectivity index (χ4v) is 3.87. The van der Waals surface area contributed by atoms with Crippen LogP contribution in [-0.2, 0) is 22.6 Å². The van der Waals surface area contributed by atoms with E-state index in [2.05, 4.69) is 5.32 Å². The number of nitrogens with one attached hydrogen (secondary N) is 1. The van der Waals surface area contributed by atoms with Crippen LogP contribution in [0.15, 0.2) is 78.9 Å². The molecule has 5 nitrogen and oxygen atoms in total. The lowest BCUT2D eigenvalue weighted by molar-refractivity contribution is -0.143. The summed E-state index contributed by atoms with van der Waals surface area (Å²) in [5, 5.41) is 3.00. The van der Waals surface area contributed by atoms with Gasteiger partial charge in [-0.15, -0.1) is 0 Å². The number of benzene rings is 3. The van der Waals surface area contributed by atoms with Gasteiger partial charge in [0.25, 0.3) is 5.91 Å². The molecule has 0 saturated carbocycles. The van der Waals surface area contributed by atoms with Crippen molar-refractivity contribution in [1.29, 1.82) is 0 Å². The van der Waals surface area contributed by atoms with E-state index in [0.29, 0.717) is 18.7 Å². The van der Waals surface area contributed by atoms with Crippen LogP contribution in [0.2, 0.25) is 0 Å². The first-order valence-corrected chi connectivity index (χ1v) is 11.7. The summed E-state index contributed by atoms with van der Waals surface area (Å²) in [4.78, 5) is 28.5. The molecule has 1 atom stereocenters. The number of hydrogen-bond acceptors (Lipinski definition) is 3. The molecule has 3 aromatic carbocycles. The first kappa shape index (κ1) is 25.0. The average Bonchev–Trinajstić information content (AvgIpc) is 2.80. The number of carbonyl (C=O) groups is 2. The van der Waals surface area contributed by atoms with Gasteiger partial charge in [-0.25, -0.2) is 0 Å². The second kappa shape index (κ2) is 12.0. The van der Waals surface area contributed by atoms with Crippen molar-refractivity contribution in [2.24, 2.45) is 0 Å². The van der Waals surface area contributed by atoms with Crippen LogP contribution >= 0.6 is 0 Å². The van der Waals surface area contributed by atoms with E-state index in [1.54, 1.807) is 4.90 Å². The van der Waals surface area contributed by atoms with E-state index < -0.39 is 6.04 Å². The highest BCUT2D eigenvalue weighted by atomic mass is 16.5. The normalized spacial score (nSPS) is 11.7. The minimum absolute atomic E-state index is 0.0368. The molecule has 3 rings (SSSR count). The van der Waals surface area contributed by atoms with Crippen molar-refractivity contribution < 1.29 is 14.3 Å². The summed E-state index contributed by atoms with van der Waals surface area (Å²) >= 11 is 0. The molecule has 0 heterocycles. The standard InChI is InChI=1S/C29H34N2O3/c1-21(2)30-29(33)27(18-24-12-6-5-7-13-24)31(19-25-14-8-10-22(3)16-25)28(32)20-34-26-15-9-11-23(4)17-26/h5-17,21,27H,18-20H2,1-4H3,(H,30,33). The average molecular weight is 459 g/mol. The zero-order chi connectivity index (χ0) is 24.5. The second-order valence-corrected chi connectivity index (χ2v) is 8.98. The summed E-state index contributed by atoms with van der Waals surface area (Å²) in [5.41, 5.74) is 4.12. The molecule has 2 amide bonds. The Bertz CT molecular complexity index is 1100. The Morgan fingerprint density at radius 2 is 1.50 bits per heavy atom. The van der Waals surface area contributed by atoms with Crippen LogP contribution in [0, 0.1) is 13.8 Å². The molecule has 0 fully saturated rings. The van der Waals surface area contributed by atoms with Crippen molar-refractivity contribution in [2.75, 3.05) is 6.61 Å². The maximum atomic E-state index is 13.5. The highest BCUT2D eigenvalue weighted by Crippen LogP contribution is 2.17. The number of nitrogens with zero attached hydrogens (tertiary/aromatic N) is 1. The molecule has 1 unspecified atom stereocenters. The van der Waals surface area contributed by atoms with Crippen molar-refractivity contribution in [2.45, 2.75) is 52.7 Å². The third-order valence-corrected chi connectivity index (χ3v) is 5.49. The van der Waals surface area contributed by atoms with Crippen LogP contribution in [0.5, 0.6) is 5.75 Å². The van der Waals surface area contributed by atoms with Crippen molar-refractivity contribution in [3.05, 3.63) is 101 Å².